The number of carbonyl (C=O) groups is 4. The molecular weight excluding hydrogens is 298 g/mol. The molecule has 1 rings (SSSR count). The quantitative estimate of drug-likeness (QED) is 0.401. The summed E-state index contributed by atoms with van der Waals surface area (Å²) in [5.74, 6) is -1.39. The van der Waals surface area contributed by atoms with E-state index in [9.17, 15) is 19.2 Å². The molecular formula is C16H23N3O4. The van der Waals surface area contributed by atoms with Crippen LogP contribution in [0.15, 0.2) is 23.9 Å². The van der Waals surface area contributed by atoms with Crippen molar-refractivity contribution in [3.05, 3.63) is 23.9 Å². The van der Waals surface area contributed by atoms with Crippen molar-refractivity contribution in [1.29, 1.82) is 0 Å². The van der Waals surface area contributed by atoms with Crippen LogP contribution in [-0.4, -0.2) is 47.0 Å². The molecule has 0 bridgehead atoms. The normalized spacial score (nSPS) is 14.8. The van der Waals surface area contributed by atoms with Gasteiger partial charge in [-0.1, -0.05) is 13.8 Å². The van der Waals surface area contributed by atoms with Gasteiger partial charge in [0.1, 0.15) is 0 Å². The van der Waals surface area contributed by atoms with E-state index in [1.807, 2.05) is 13.8 Å². The highest BCUT2D eigenvalue weighted by Crippen LogP contribution is 2.11. The molecule has 0 radical (unpaired) electrons. The highest BCUT2D eigenvalue weighted by Gasteiger charge is 2.22. The number of amides is 4. The summed E-state index contributed by atoms with van der Waals surface area (Å²) in [6.45, 7) is 3.95. The van der Waals surface area contributed by atoms with Gasteiger partial charge in [-0.15, -0.1) is 0 Å². The van der Waals surface area contributed by atoms with Crippen molar-refractivity contribution in [3.8, 4) is 0 Å². The lowest BCUT2D eigenvalue weighted by atomic mass is 10.0. The van der Waals surface area contributed by atoms with E-state index in [1.165, 1.54) is 23.3 Å². The van der Waals surface area contributed by atoms with Gasteiger partial charge in [0.25, 0.3) is 11.8 Å². The van der Waals surface area contributed by atoms with E-state index in [1.54, 1.807) is 7.05 Å². The minimum atomic E-state index is -0.543. The van der Waals surface area contributed by atoms with Crippen LogP contribution in [-0.2, 0) is 19.2 Å². The third-order valence-corrected chi connectivity index (χ3v) is 3.56. The van der Waals surface area contributed by atoms with Crippen LogP contribution in [0.4, 0.5) is 0 Å². The van der Waals surface area contributed by atoms with Crippen LogP contribution in [0, 0.1) is 5.92 Å². The Bertz CT molecular complexity index is 546. The maximum atomic E-state index is 12.0. The fourth-order valence-electron chi connectivity index (χ4n) is 2.15. The second kappa shape index (κ2) is 8.26. The SMILES string of the molecule is CC(C)/C(=C/N(C)C(=O)CCCCN1C(=O)C=CC1=O)C(N)=O. The van der Waals surface area contributed by atoms with Gasteiger partial charge in [-0.3, -0.25) is 24.1 Å². The molecule has 7 nitrogen and oxygen atoms in total. The first-order valence-electron chi connectivity index (χ1n) is 7.54. The lowest BCUT2D eigenvalue weighted by Gasteiger charge is -2.17. The van der Waals surface area contributed by atoms with Crippen LogP contribution in [0.25, 0.3) is 0 Å². The first-order chi connectivity index (χ1) is 10.7. The minimum absolute atomic E-state index is 0.0672. The van der Waals surface area contributed by atoms with Gasteiger partial charge < -0.3 is 10.6 Å². The molecule has 4 amide bonds. The molecule has 0 aliphatic carbocycles. The molecule has 2 N–H and O–H groups in total. The maximum Gasteiger partial charge on any atom is 0.253 e. The summed E-state index contributed by atoms with van der Waals surface area (Å²) in [6, 6.07) is 0. The van der Waals surface area contributed by atoms with Crippen LogP contribution >= 0.6 is 0 Å². The molecule has 0 spiro atoms. The summed E-state index contributed by atoms with van der Waals surface area (Å²) in [6.07, 6.45) is 5.30. The van der Waals surface area contributed by atoms with Crippen molar-refractivity contribution in [2.24, 2.45) is 11.7 Å². The average Bonchev–Trinajstić information content (AvgIpc) is 2.79. The largest absolute Gasteiger partial charge is 0.366 e. The number of rotatable bonds is 8. The fraction of sp³-hybridized carbons (Fsp3) is 0.500. The number of carbonyl (C=O) groups excluding carboxylic acids is 4. The summed E-state index contributed by atoms with van der Waals surface area (Å²) >= 11 is 0. The van der Waals surface area contributed by atoms with Crippen molar-refractivity contribution >= 4 is 23.6 Å². The topological polar surface area (TPSA) is 101 Å². The zero-order chi connectivity index (χ0) is 17.6. The highest BCUT2D eigenvalue weighted by atomic mass is 16.2. The Hall–Kier alpha value is -2.44. The molecule has 0 saturated carbocycles. The number of unbranched alkanes of at least 4 members (excludes halogenated alkanes) is 1. The van der Waals surface area contributed by atoms with Crippen molar-refractivity contribution < 1.29 is 19.2 Å². The Kier molecular flexibility index (Phi) is 6.68. The van der Waals surface area contributed by atoms with Crippen molar-refractivity contribution in [2.75, 3.05) is 13.6 Å². The molecule has 0 saturated heterocycles. The van der Waals surface area contributed by atoms with Crippen LogP contribution < -0.4 is 5.73 Å². The Morgan fingerprint density at radius 1 is 1.22 bits per heavy atom. The van der Waals surface area contributed by atoms with Crippen molar-refractivity contribution in [2.45, 2.75) is 33.1 Å². The molecule has 1 heterocycles. The van der Waals surface area contributed by atoms with Crippen LogP contribution in [0.2, 0.25) is 0 Å². The van der Waals surface area contributed by atoms with Crippen LogP contribution in [0.5, 0.6) is 0 Å². The Morgan fingerprint density at radius 3 is 2.26 bits per heavy atom. The van der Waals surface area contributed by atoms with Crippen molar-refractivity contribution in [3.63, 3.8) is 0 Å². The first-order valence-corrected chi connectivity index (χ1v) is 7.54. The van der Waals surface area contributed by atoms with E-state index in [2.05, 4.69) is 0 Å². The van der Waals surface area contributed by atoms with E-state index in [4.69, 9.17) is 5.73 Å². The van der Waals surface area contributed by atoms with Gasteiger partial charge in [0.2, 0.25) is 11.8 Å². The molecule has 0 aromatic carbocycles. The monoisotopic (exact) mass is 321 g/mol. The second-order valence-corrected chi connectivity index (χ2v) is 5.73. The average molecular weight is 321 g/mol. The number of hydrogen-bond acceptors (Lipinski definition) is 4. The zero-order valence-corrected chi connectivity index (χ0v) is 13.7. The molecule has 0 fully saturated rings. The van der Waals surface area contributed by atoms with Crippen molar-refractivity contribution in [1.82, 2.24) is 9.80 Å². The number of hydrogen-bond donors (Lipinski definition) is 1. The van der Waals surface area contributed by atoms with Gasteiger partial charge in [-0.05, 0) is 18.8 Å². The van der Waals surface area contributed by atoms with Gasteiger partial charge >= 0.3 is 0 Å². The van der Waals surface area contributed by atoms with Crippen LogP contribution in [0.3, 0.4) is 0 Å². The van der Waals surface area contributed by atoms with Gasteiger partial charge in [0, 0.05) is 43.9 Å². The highest BCUT2D eigenvalue weighted by molar-refractivity contribution is 6.12. The van der Waals surface area contributed by atoms with Gasteiger partial charge in [0.05, 0.1) is 0 Å². The molecule has 0 atom stereocenters. The van der Waals surface area contributed by atoms with Gasteiger partial charge in [0.15, 0.2) is 0 Å². The fourth-order valence-corrected chi connectivity index (χ4v) is 2.15. The molecule has 1 aliphatic heterocycles. The van der Waals surface area contributed by atoms with E-state index < -0.39 is 5.91 Å². The van der Waals surface area contributed by atoms with E-state index in [0.717, 1.165) is 4.90 Å². The predicted octanol–water partition coefficient (Wildman–Crippen LogP) is 0.565. The molecule has 0 aromatic heterocycles. The Balaban J connectivity index is 2.41. The third kappa shape index (κ3) is 5.36. The summed E-state index contributed by atoms with van der Waals surface area (Å²) in [5, 5.41) is 0. The van der Waals surface area contributed by atoms with E-state index in [-0.39, 0.29) is 30.1 Å². The molecule has 0 aromatic rings. The lowest BCUT2D eigenvalue weighted by Crippen LogP contribution is -2.31. The number of nitrogens with zero attached hydrogens (tertiary/aromatic N) is 2. The molecule has 1 aliphatic rings. The number of nitrogens with two attached hydrogens (primary N) is 1. The number of primary amides is 1. The molecule has 23 heavy (non-hydrogen) atoms. The summed E-state index contributed by atoms with van der Waals surface area (Å²) in [7, 11) is 1.57. The second-order valence-electron chi connectivity index (χ2n) is 5.73. The lowest BCUT2D eigenvalue weighted by molar-refractivity contribution is -0.136. The Morgan fingerprint density at radius 2 is 1.78 bits per heavy atom. The van der Waals surface area contributed by atoms with Crippen LogP contribution in [0.1, 0.15) is 33.1 Å². The smallest absolute Gasteiger partial charge is 0.253 e. The predicted molar refractivity (Wildman–Crippen MR) is 84.6 cm³/mol. The van der Waals surface area contributed by atoms with E-state index >= 15 is 0 Å². The maximum absolute atomic E-state index is 12.0. The standard InChI is InChI=1S/C16H23N3O4/c1-11(2)12(16(17)23)10-18(3)13(20)6-4-5-9-19-14(21)7-8-15(19)22/h7-8,10-11H,4-6,9H2,1-3H3,(H2,17,23)/b12-10-. The Labute approximate surface area is 135 Å². The minimum Gasteiger partial charge on any atom is -0.366 e. The van der Waals surface area contributed by atoms with Gasteiger partial charge in [-0.25, -0.2) is 0 Å². The van der Waals surface area contributed by atoms with E-state index in [0.29, 0.717) is 25.0 Å². The molecule has 0 unspecified atom stereocenters. The summed E-state index contributed by atoms with van der Waals surface area (Å²) < 4.78 is 0. The zero-order valence-electron chi connectivity index (χ0n) is 13.7. The third-order valence-electron chi connectivity index (χ3n) is 3.56. The molecule has 7 heteroatoms. The first kappa shape index (κ1) is 18.6. The summed E-state index contributed by atoms with van der Waals surface area (Å²) in [4.78, 5) is 48.6. The number of imide groups is 1. The molecule has 126 valence electrons. The van der Waals surface area contributed by atoms with Gasteiger partial charge in [-0.2, -0.15) is 0 Å². The summed E-state index contributed by atoms with van der Waals surface area (Å²) in [5.41, 5.74) is 5.67.